The summed E-state index contributed by atoms with van der Waals surface area (Å²) in [4.78, 5) is 36.4. The van der Waals surface area contributed by atoms with Crippen molar-refractivity contribution < 1.29 is 4.79 Å². The fourth-order valence-electron chi connectivity index (χ4n) is 5.04. The highest BCUT2D eigenvalue weighted by atomic mass is 16.1. The fraction of sp³-hybridized carbons (Fsp3) is 0.194. The summed E-state index contributed by atoms with van der Waals surface area (Å²) in [5, 5.41) is 12.5. The van der Waals surface area contributed by atoms with Crippen LogP contribution in [0.25, 0.3) is 33.7 Å². The number of hydrogen-bond acceptors (Lipinski definition) is 9. The summed E-state index contributed by atoms with van der Waals surface area (Å²) < 4.78 is 0. The summed E-state index contributed by atoms with van der Waals surface area (Å²) in [6, 6.07) is 24.0. The predicted molar refractivity (Wildman–Crippen MR) is 155 cm³/mol. The van der Waals surface area contributed by atoms with Crippen LogP contribution in [-0.2, 0) is 6.54 Å². The Bertz CT molecular complexity index is 1740. The van der Waals surface area contributed by atoms with E-state index in [2.05, 4.69) is 49.4 Å². The van der Waals surface area contributed by atoms with Crippen molar-refractivity contribution in [2.45, 2.75) is 25.4 Å². The average Bonchev–Trinajstić information content (AvgIpc) is 3.02. The molecular formula is C31H27N9O. The number of primary amides is 1. The Morgan fingerprint density at radius 1 is 0.951 bits per heavy atom. The molecule has 4 heterocycles. The van der Waals surface area contributed by atoms with Gasteiger partial charge in [-0.1, -0.05) is 54.6 Å². The van der Waals surface area contributed by atoms with Crippen LogP contribution >= 0.6 is 0 Å². The molecule has 0 atom stereocenters. The number of likely N-dealkylation sites (tertiary alicyclic amines) is 1. The van der Waals surface area contributed by atoms with Crippen molar-refractivity contribution in [2.75, 3.05) is 18.4 Å². The van der Waals surface area contributed by atoms with Crippen molar-refractivity contribution in [1.29, 1.82) is 5.26 Å². The molecular weight excluding hydrogens is 514 g/mol. The molecule has 3 N–H and O–H groups in total. The van der Waals surface area contributed by atoms with Crippen molar-refractivity contribution in [3.05, 3.63) is 96.1 Å². The lowest BCUT2D eigenvalue weighted by molar-refractivity contribution is 0.1000. The van der Waals surface area contributed by atoms with Crippen LogP contribution in [0.2, 0.25) is 0 Å². The molecule has 0 unspecified atom stereocenters. The van der Waals surface area contributed by atoms with Crippen molar-refractivity contribution in [2.24, 2.45) is 5.73 Å². The minimum atomic E-state index is -0.553. The summed E-state index contributed by atoms with van der Waals surface area (Å²) in [6.45, 7) is 2.78. The molecule has 1 fully saturated rings. The zero-order valence-corrected chi connectivity index (χ0v) is 22.2. The number of benzene rings is 2. The molecule has 0 radical (unpaired) electrons. The van der Waals surface area contributed by atoms with Crippen molar-refractivity contribution >= 4 is 22.9 Å². The molecule has 0 saturated carbocycles. The highest BCUT2D eigenvalue weighted by molar-refractivity contribution is 5.95. The van der Waals surface area contributed by atoms with Gasteiger partial charge in [-0.3, -0.25) is 9.69 Å². The third kappa shape index (κ3) is 5.85. The molecule has 1 amide bonds. The maximum Gasteiger partial charge on any atom is 0.250 e. The normalized spacial score (nSPS) is 14.0. The zero-order valence-electron chi connectivity index (χ0n) is 22.2. The summed E-state index contributed by atoms with van der Waals surface area (Å²) in [5.41, 5.74) is 11.2. The number of nitriles is 1. The minimum Gasteiger partial charge on any atom is -0.367 e. The van der Waals surface area contributed by atoms with Crippen molar-refractivity contribution in [3.8, 4) is 28.6 Å². The first-order valence-corrected chi connectivity index (χ1v) is 13.4. The number of carbonyl (C=O) groups excluding carboxylic acids is 1. The molecule has 2 aromatic carbocycles. The molecule has 0 spiro atoms. The molecule has 6 rings (SSSR count). The molecule has 1 aliphatic rings. The largest absolute Gasteiger partial charge is 0.367 e. The Labute approximate surface area is 236 Å². The number of piperidine rings is 1. The van der Waals surface area contributed by atoms with Crippen molar-refractivity contribution in [3.63, 3.8) is 0 Å². The number of carbonyl (C=O) groups is 1. The standard InChI is InChI=1S/C31H27N9O/c32-17-27-34-13-10-26(38-27)36-24-11-14-40(15-12-24)19-20-6-8-22(9-7-20)29-28(21-4-2-1-3-5-21)37-25-16-23(30(33)41)18-35-31(25)39-29/h1-10,13,16,18,24H,11-12,14-15,19H2,(H2,33,41)(H,34,36,38). The maximum absolute atomic E-state index is 11.7. The van der Waals surface area contributed by atoms with Crippen LogP contribution in [0.3, 0.4) is 0 Å². The second-order valence-electron chi connectivity index (χ2n) is 9.99. The van der Waals surface area contributed by atoms with Crippen LogP contribution in [0.15, 0.2) is 79.1 Å². The summed E-state index contributed by atoms with van der Waals surface area (Å²) in [5.74, 6) is 0.318. The van der Waals surface area contributed by atoms with Crippen LogP contribution < -0.4 is 11.1 Å². The first-order valence-electron chi connectivity index (χ1n) is 13.4. The van der Waals surface area contributed by atoms with E-state index in [4.69, 9.17) is 21.0 Å². The van der Waals surface area contributed by atoms with Crippen LogP contribution in [0.1, 0.15) is 34.6 Å². The highest BCUT2D eigenvalue weighted by Crippen LogP contribution is 2.31. The number of anilines is 1. The van der Waals surface area contributed by atoms with Crippen LogP contribution in [0.5, 0.6) is 0 Å². The van der Waals surface area contributed by atoms with Crippen LogP contribution in [0, 0.1) is 11.3 Å². The van der Waals surface area contributed by atoms with Gasteiger partial charge in [-0.2, -0.15) is 5.26 Å². The van der Waals surface area contributed by atoms with Gasteiger partial charge in [0.05, 0.1) is 17.0 Å². The number of rotatable bonds is 7. The topological polar surface area (TPSA) is 147 Å². The van der Waals surface area contributed by atoms with Gasteiger partial charge in [-0.15, -0.1) is 0 Å². The number of fused-ring (bicyclic) bond motifs is 1. The minimum absolute atomic E-state index is 0.176. The van der Waals surface area contributed by atoms with Gasteiger partial charge in [-0.25, -0.2) is 24.9 Å². The van der Waals surface area contributed by atoms with Gasteiger partial charge < -0.3 is 11.1 Å². The van der Waals surface area contributed by atoms with Gasteiger partial charge in [0.25, 0.3) is 0 Å². The van der Waals surface area contributed by atoms with Gasteiger partial charge in [0, 0.05) is 49.2 Å². The Kier molecular flexibility index (Phi) is 7.26. The van der Waals surface area contributed by atoms with E-state index in [0.717, 1.165) is 55.0 Å². The molecule has 202 valence electrons. The summed E-state index contributed by atoms with van der Waals surface area (Å²) in [7, 11) is 0. The van der Waals surface area contributed by atoms with E-state index in [0.29, 0.717) is 28.6 Å². The van der Waals surface area contributed by atoms with Gasteiger partial charge in [0.15, 0.2) is 5.65 Å². The molecule has 41 heavy (non-hydrogen) atoms. The molecule has 1 saturated heterocycles. The third-order valence-electron chi connectivity index (χ3n) is 7.18. The molecule has 10 heteroatoms. The van der Waals surface area contributed by atoms with Gasteiger partial charge >= 0.3 is 0 Å². The number of hydrogen-bond donors (Lipinski definition) is 2. The molecule has 5 aromatic rings. The van der Waals surface area contributed by atoms with E-state index in [9.17, 15) is 4.79 Å². The average molecular weight is 542 g/mol. The van der Waals surface area contributed by atoms with Gasteiger partial charge in [-0.05, 0) is 30.5 Å². The van der Waals surface area contributed by atoms with Crippen LogP contribution in [0.4, 0.5) is 5.82 Å². The summed E-state index contributed by atoms with van der Waals surface area (Å²) >= 11 is 0. The summed E-state index contributed by atoms with van der Waals surface area (Å²) in [6.07, 6.45) is 5.02. The quantitative estimate of drug-likeness (QED) is 0.309. The molecule has 0 aliphatic carbocycles. The smallest absolute Gasteiger partial charge is 0.250 e. The molecule has 0 bridgehead atoms. The first-order chi connectivity index (χ1) is 20.1. The first kappa shape index (κ1) is 26.0. The number of pyridine rings is 1. The van der Waals surface area contributed by atoms with Gasteiger partial charge in [0.2, 0.25) is 11.7 Å². The Hall–Kier alpha value is -5.27. The molecule has 1 aliphatic heterocycles. The highest BCUT2D eigenvalue weighted by Gasteiger charge is 2.20. The fourth-order valence-corrected chi connectivity index (χ4v) is 5.04. The Balaban J connectivity index is 1.18. The lowest BCUT2D eigenvalue weighted by atomic mass is 10.0. The molecule has 3 aromatic heterocycles. The van der Waals surface area contributed by atoms with Gasteiger partial charge in [0.1, 0.15) is 17.4 Å². The van der Waals surface area contributed by atoms with E-state index < -0.39 is 5.91 Å². The molecule has 10 nitrogen and oxygen atoms in total. The monoisotopic (exact) mass is 541 g/mol. The number of nitrogens with zero attached hydrogens (tertiary/aromatic N) is 7. The zero-order chi connectivity index (χ0) is 28.2. The second-order valence-corrected chi connectivity index (χ2v) is 9.99. The van der Waals surface area contributed by atoms with E-state index in [1.807, 2.05) is 36.4 Å². The van der Waals surface area contributed by atoms with E-state index in [1.54, 1.807) is 18.3 Å². The lowest BCUT2D eigenvalue weighted by Gasteiger charge is -2.32. The lowest BCUT2D eigenvalue weighted by Crippen LogP contribution is -2.38. The van der Waals surface area contributed by atoms with Crippen LogP contribution in [-0.4, -0.2) is 54.9 Å². The number of nitrogens with one attached hydrogen (secondary N) is 1. The number of amides is 1. The third-order valence-corrected chi connectivity index (χ3v) is 7.18. The van der Waals surface area contributed by atoms with E-state index in [1.165, 1.54) is 11.8 Å². The van der Waals surface area contributed by atoms with E-state index in [-0.39, 0.29) is 5.82 Å². The maximum atomic E-state index is 11.7. The Morgan fingerprint density at radius 3 is 2.41 bits per heavy atom. The second kappa shape index (κ2) is 11.5. The SMILES string of the molecule is N#Cc1nccc(NC2CCN(Cc3ccc(-c4nc5ncc(C(N)=O)cc5nc4-c4ccccc4)cc3)CC2)n1. The predicted octanol–water partition coefficient (Wildman–Crippen LogP) is 4.20. The number of aromatic nitrogens is 5. The van der Waals surface area contributed by atoms with Crippen molar-refractivity contribution in [1.82, 2.24) is 29.8 Å². The number of nitrogens with two attached hydrogens (primary N) is 1. The van der Waals surface area contributed by atoms with E-state index >= 15 is 0 Å². The Morgan fingerprint density at radius 2 is 1.68 bits per heavy atom.